The Bertz CT molecular complexity index is 851. The second kappa shape index (κ2) is 8.90. The van der Waals surface area contributed by atoms with Crippen LogP contribution in [0.25, 0.3) is 0 Å². The van der Waals surface area contributed by atoms with Crippen LogP contribution < -0.4 is 14.4 Å². The van der Waals surface area contributed by atoms with Crippen molar-refractivity contribution in [3.8, 4) is 5.75 Å². The quantitative estimate of drug-likeness (QED) is 0.751. The van der Waals surface area contributed by atoms with Gasteiger partial charge in [0.15, 0.2) is 6.10 Å². The maximum absolute atomic E-state index is 12.5. The first-order valence-corrected chi connectivity index (χ1v) is 10.6. The van der Waals surface area contributed by atoms with Gasteiger partial charge < -0.3 is 10.1 Å². The molecule has 0 spiro atoms. The minimum atomic E-state index is -3.32. The van der Waals surface area contributed by atoms with E-state index in [0.717, 1.165) is 11.8 Å². The van der Waals surface area contributed by atoms with Crippen LogP contribution in [0.1, 0.15) is 31.9 Å². The lowest BCUT2D eigenvalue weighted by atomic mass is 10.1. The Morgan fingerprint density at radius 3 is 2.22 bits per heavy atom. The van der Waals surface area contributed by atoms with Gasteiger partial charge in [-0.15, -0.1) is 0 Å². The molecule has 0 aromatic heterocycles. The predicted molar refractivity (Wildman–Crippen MR) is 107 cm³/mol. The van der Waals surface area contributed by atoms with Crippen molar-refractivity contribution in [1.29, 1.82) is 0 Å². The van der Waals surface area contributed by atoms with Gasteiger partial charge in [0, 0.05) is 7.05 Å². The summed E-state index contributed by atoms with van der Waals surface area (Å²) in [6.45, 7) is 3.80. The van der Waals surface area contributed by atoms with Crippen molar-refractivity contribution in [2.45, 2.75) is 32.4 Å². The molecule has 0 aliphatic rings. The Balaban J connectivity index is 2.02. The first-order valence-electron chi connectivity index (χ1n) is 8.78. The predicted octanol–water partition coefficient (Wildman–Crippen LogP) is 3.12. The standard InChI is InChI=1S/C20H26N2O4S/c1-5-19(20(23)21-15(2)16-9-7-6-8-10-16)26-18-13-11-17(12-14-18)22(3)27(4,24)25/h6-15,19H,5H2,1-4H3,(H,21,23)/t15-,19-/m1/s1. The molecule has 0 bridgehead atoms. The largest absolute Gasteiger partial charge is 0.481 e. The number of carbonyl (C=O) groups is 1. The number of anilines is 1. The maximum atomic E-state index is 12.5. The van der Waals surface area contributed by atoms with Crippen LogP contribution in [0.2, 0.25) is 0 Å². The number of rotatable bonds is 8. The van der Waals surface area contributed by atoms with Crippen LogP contribution in [0.15, 0.2) is 54.6 Å². The fourth-order valence-corrected chi connectivity index (χ4v) is 3.05. The van der Waals surface area contributed by atoms with Gasteiger partial charge >= 0.3 is 0 Å². The molecule has 0 saturated heterocycles. The third-order valence-electron chi connectivity index (χ3n) is 4.30. The fourth-order valence-electron chi connectivity index (χ4n) is 2.54. The molecule has 7 heteroatoms. The summed E-state index contributed by atoms with van der Waals surface area (Å²) in [5.41, 5.74) is 1.55. The van der Waals surface area contributed by atoms with E-state index in [1.54, 1.807) is 24.3 Å². The molecule has 6 nitrogen and oxygen atoms in total. The van der Waals surface area contributed by atoms with Crippen LogP contribution in [0.3, 0.4) is 0 Å². The van der Waals surface area contributed by atoms with Crippen LogP contribution in [-0.2, 0) is 14.8 Å². The van der Waals surface area contributed by atoms with Gasteiger partial charge in [-0.1, -0.05) is 37.3 Å². The Kier molecular flexibility index (Phi) is 6.85. The molecule has 1 amide bonds. The van der Waals surface area contributed by atoms with E-state index in [1.807, 2.05) is 44.2 Å². The monoisotopic (exact) mass is 390 g/mol. The van der Waals surface area contributed by atoms with E-state index < -0.39 is 16.1 Å². The highest BCUT2D eigenvalue weighted by Crippen LogP contribution is 2.22. The summed E-state index contributed by atoms with van der Waals surface area (Å²) in [5, 5.41) is 2.97. The second-order valence-electron chi connectivity index (χ2n) is 6.38. The van der Waals surface area contributed by atoms with E-state index in [4.69, 9.17) is 4.74 Å². The van der Waals surface area contributed by atoms with Gasteiger partial charge in [0.25, 0.3) is 5.91 Å². The topological polar surface area (TPSA) is 75.7 Å². The van der Waals surface area contributed by atoms with E-state index in [9.17, 15) is 13.2 Å². The number of nitrogens with one attached hydrogen (secondary N) is 1. The van der Waals surface area contributed by atoms with Crippen molar-refractivity contribution in [1.82, 2.24) is 5.32 Å². The lowest BCUT2D eigenvalue weighted by Gasteiger charge is -2.21. The Morgan fingerprint density at radius 2 is 1.70 bits per heavy atom. The number of hydrogen-bond acceptors (Lipinski definition) is 4. The summed E-state index contributed by atoms with van der Waals surface area (Å²) < 4.78 is 30.2. The third kappa shape index (κ3) is 5.72. The van der Waals surface area contributed by atoms with Gasteiger partial charge in [0.05, 0.1) is 18.0 Å². The minimum Gasteiger partial charge on any atom is -0.481 e. The van der Waals surface area contributed by atoms with Gasteiger partial charge in [-0.05, 0) is 43.2 Å². The molecule has 146 valence electrons. The zero-order valence-electron chi connectivity index (χ0n) is 16.0. The summed E-state index contributed by atoms with van der Waals surface area (Å²) in [6.07, 6.45) is 1.02. The van der Waals surface area contributed by atoms with Crippen LogP contribution in [0, 0.1) is 0 Å². The van der Waals surface area contributed by atoms with Gasteiger partial charge in [0.2, 0.25) is 10.0 Å². The first-order chi connectivity index (χ1) is 12.7. The van der Waals surface area contributed by atoms with Gasteiger partial charge in [-0.3, -0.25) is 9.10 Å². The number of benzene rings is 2. The number of hydrogen-bond donors (Lipinski definition) is 1. The van der Waals surface area contributed by atoms with Crippen molar-refractivity contribution in [3.63, 3.8) is 0 Å². The lowest BCUT2D eigenvalue weighted by Crippen LogP contribution is -2.39. The molecule has 0 heterocycles. The molecule has 0 saturated carbocycles. The molecule has 2 aromatic carbocycles. The van der Waals surface area contributed by atoms with Crippen molar-refractivity contribution >= 4 is 21.6 Å². The Morgan fingerprint density at radius 1 is 1.11 bits per heavy atom. The highest BCUT2D eigenvalue weighted by Gasteiger charge is 2.21. The minimum absolute atomic E-state index is 0.123. The van der Waals surface area contributed by atoms with Crippen molar-refractivity contribution in [3.05, 3.63) is 60.2 Å². The van der Waals surface area contributed by atoms with E-state index >= 15 is 0 Å². The average Bonchev–Trinajstić information content (AvgIpc) is 2.65. The molecule has 0 aliphatic heterocycles. The molecular weight excluding hydrogens is 364 g/mol. The molecule has 0 unspecified atom stereocenters. The number of amides is 1. The summed E-state index contributed by atoms with van der Waals surface area (Å²) in [5.74, 6) is 0.321. The van der Waals surface area contributed by atoms with Crippen molar-refractivity contribution in [2.24, 2.45) is 0 Å². The normalized spacial score (nSPS) is 13.5. The van der Waals surface area contributed by atoms with E-state index in [-0.39, 0.29) is 11.9 Å². The lowest BCUT2D eigenvalue weighted by molar-refractivity contribution is -0.128. The molecule has 27 heavy (non-hydrogen) atoms. The summed E-state index contributed by atoms with van der Waals surface area (Å²) in [7, 11) is -1.84. The zero-order chi connectivity index (χ0) is 20.0. The van der Waals surface area contributed by atoms with Crippen LogP contribution in [-0.4, -0.2) is 33.7 Å². The SMILES string of the molecule is CC[C@@H](Oc1ccc(N(C)S(C)(=O)=O)cc1)C(=O)N[C@H](C)c1ccccc1. The third-order valence-corrected chi connectivity index (χ3v) is 5.50. The number of nitrogens with zero attached hydrogens (tertiary/aromatic N) is 1. The fraction of sp³-hybridized carbons (Fsp3) is 0.350. The van der Waals surface area contributed by atoms with Gasteiger partial charge in [-0.2, -0.15) is 0 Å². The molecular formula is C20H26N2O4S. The molecule has 1 N–H and O–H groups in total. The first kappa shape index (κ1) is 20.8. The van der Waals surface area contributed by atoms with Crippen LogP contribution >= 0.6 is 0 Å². The molecule has 2 rings (SSSR count). The molecule has 2 atom stereocenters. The van der Waals surface area contributed by atoms with Gasteiger partial charge in [0.1, 0.15) is 5.75 Å². The molecule has 0 fully saturated rings. The number of ether oxygens (including phenoxy) is 1. The van der Waals surface area contributed by atoms with Gasteiger partial charge in [-0.25, -0.2) is 8.42 Å². The van der Waals surface area contributed by atoms with Crippen LogP contribution in [0.5, 0.6) is 5.75 Å². The van der Waals surface area contributed by atoms with Crippen molar-refractivity contribution < 1.29 is 17.9 Å². The summed E-state index contributed by atoms with van der Waals surface area (Å²) >= 11 is 0. The highest BCUT2D eigenvalue weighted by molar-refractivity contribution is 7.92. The number of carbonyl (C=O) groups excluding carboxylic acids is 1. The molecule has 2 aromatic rings. The molecule has 0 aliphatic carbocycles. The van der Waals surface area contributed by atoms with Crippen molar-refractivity contribution in [2.75, 3.05) is 17.6 Å². The zero-order valence-corrected chi connectivity index (χ0v) is 16.9. The second-order valence-corrected chi connectivity index (χ2v) is 8.39. The Hall–Kier alpha value is -2.54. The highest BCUT2D eigenvalue weighted by atomic mass is 32.2. The maximum Gasteiger partial charge on any atom is 0.261 e. The summed E-state index contributed by atoms with van der Waals surface area (Å²) in [6, 6.07) is 16.2. The van der Waals surface area contributed by atoms with Crippen LogP contribution in [0.4, 0.5) is 5.69 Å². The van der Waals surface area contributed by atoms with E-state index in [2.05, 4.69) is 5.32 Å². The smallest absolute Gasteiger partial charge is 0.261 e. The average molecular weight is 391 g/mol. The number of sulfonamides is 1. The molecule has 0 radical (unpaired) electrons. The summed E-state index contributed by atoms with van der Waals surface area (Å²) in [4.78, 5) is 12.5. The van der Waals surface area contributed by atoms with E-state index in [0.29, 0.717) is 17.9 Å². The Labute approximate surface area is 161 Å². The van der Waals surface area contributed by atoms with E-state index in [1.165, 1.54) is 11.4 Å².